The van der Waals surface area contributed by atoms with Crippen LogP contribution < -0.4 is 15.4 Å². The summed E-state index contributed by atoms with van der Waals surface area (Å²) < 4.78 is 30.7. The van der Waals surface area contributed by atoms with Crippen LogP contribution in [0.25, 0.3) is 0 Å². The molecule has 0 aromatic carbocycles. The van der Waals surface area contributed by atoms with Gasteiger partial charge >= 0.3 is 0 Å². The lowest BCUT2D eigenvalue weighted by molar-refractivity contribution is -0.00683. The predicted molar refractivity (Wildman–Crippen MR) is 118 cm³/mol. The van der Waals surface area contributed by atoms with Crippen LogP contribution in [0.3, 0.4) is 0 Å². The molecule has 0 radical (unpaired) electrons. The summed E-state index contributed by atoms with van der Waals surface area (Å²) in [5.41, 5.74) is -0.0249. The molecule has 1 aliphatic heterocycles. The van der Waals surface area contributed by atoms with Crippen molar-refractivity contribution in [3.63, 3.8) is 0 Å². The largest absolute Gasteiger partial charge is 0.379 e. The molecule has 1 rings (SSSR count). The zero-order chi connectivity index (χ0) is 18.8. The molecule has 26 heavy (non-hydrogen) atoms. The molecule has 0 bridgehead atoms. The van der Waals surface area contributed by atoms with E-state index in [0.29, 0.717) is 26.1 Å². The first kappa shape index (κ1) is 25.8. The number of guanidine groups is 1. The smallest absolute Gasteiger partial charge is 0.211 e. The van der Waals surface area contributed by atoms with Crippen LogP contribution in [0.15, 0.2) is 4.99 Å². The van der Waals surface area contributed by atoms with Gasteiger partial charge in [-0.15, -0.1) is 24.0 Å². The molecule has 0 spiro atoms. The van der Waals surface area contributed by atoms with Crippen LogP contribution in [0.1, 0.15) is 34.1 Å². The Hall–Kier alpha value is -0.170. The highest BCUT2D eigenvalue weighted by atomic mass is 127. The minimum atomic E-state index is -3.11. The van der Waals surface area contributed by atoms with Crippen molar-refractivity contribution in [2.75, 3.05) is 58.2 Å². The molecule has 0 aromatic rings. The Morgan fingerprint density at radius 1 is 1.15 bits per heavy atom. The van der Waals surface area contributed by atoms with Gasteiger partial charge in [0.2, 0.25) is 10.0 Å². The average Bonchev–Trinajstić information content (AvgIpc) is 2.60. The second-order valence-corrected chi connectivity index (χ2v) is 8.78. The van der Waals surface area contributed by atoms with E-state index in [1.807, 2.05) is 6.92 Å². The Labute approximate surface area is 176 Å². The molecule has 1 heterocycles. The molecular weight excluding hydrogens is 469 g/mol. The minimum Gasteiger partial charge on any atom is -0.379 e. The molecule has 156 valence electrons. The standard InChI is InChI=1S/C16H35N5O3S.HI/c1-5-17-15(18-8-7-9-20-25(22,23)6-2)19-14-16(3,4)21-10-12-24-13-11-21;/h20H,5-14H2,1-4H3,(H2,17,18,19);1H. The number of hydrogen-bond donors (Lipinski definition) is 3. The molecule has 0 atom stereocenters. The summed E-state index contributed by atoms with van der Waals surface area (Å²) >= 11 is 0. The third kappa shape index (κ3) is 10.2. The van der Waals surface area contributed by atoms with E-state index in [0.717, 1.165) is 38.8 Å². The molecule has 1 fully saturated rings. The Kier molecular flexibility index (Phi) is 13.0. The second-order valence-electron chi connectivity index (χ2n) is 6.69. The molecule has 10 heteroatoms. The number of ether oxygens (including phenoxy) is 1. The first-order valence-corrected chi connectivity index (χ1v) is 10.8. The van der Waals surface area contributed by atoms with E-state index >= 15 is 0 Å². The molecule has 0 aromatic heterocycles. The average molecular weight is 505 g/mol. The molecular formula is C16H36IN5O3S. The van der Waals surface area contributed by atoms with E-state index in [-0.39, 0.29) is 35.3 Å². The maximum Gasteiger partial charge on any atom is 0.211 e. The van der Waals surface area contributed by atoms with Crippen LogP contribution in [-0.2, 0) is 14.8 Å². The van der Waals surface area contributed by atoms with Crippen LogP contribution in [0.5, 0.6) is 0 Å². The lowest BCUT2D eigenvalue weighted by atomic mass is 10.0. The Morgan fingerprint density at radius 2 is 1.81 bits per heavy atom. The van der Waals surface area contributed by atoms with Gasteiger partial charge in [-0.05, 0) is 34.1 Å². The monoisotopic (exact) mass is 505 g/mol. The zero-order valence-corrected chi connectivity index (χ0v) is 19.7. The molecule has 1 aliphatic rings. The lowest BCUT2D eigenvalue weighted by Gasteiger charge is -2.39. The molecule has 1 saturated heterocycles. The Balaban J connectivity index is 0.00000625. The topological polar surface area (TPSA) is 95.1 Å². The van der Waals surface area contributed by atoms with Gasteiger partial charge < -0.3 is 15.4 Å². The van der Waals surface area contributed by atoms with Crippen LogP contribution >= 0.6 is 24.0 Å². The molecule has 0 aliphatic carbocycles. The number of morpholine rings is 1. The van der Waals surface area contributed by atoms with Gasteiger partial charge in [0.05, 0.1) is 25.5 Å². The molecule has 8 nitrogen and oxygen atoms in total. The number of nitrogens with zero attached hydrogens (tertiary/aromatic N) is 2. The van der Waals surface area contributed by atoms with Gasteiger partial charge in [0, 0.05) is 38.3 Å². The van der Waals surface area contributed by atoms with E-state index < -0.39 is 10.0 Å². The maximum absolute atomic E-state index is 11.4. The summed E-state index contributed by atoms with van der Waals surface area (Å²) in [6.45, 7) is 14.0. The van der Waals surface area contributed by atoms with E-state index in [9.17, 15) is 8.42 Å². The van der Waals surface area contributed by atoms with Gasteiger partial charge in [0.15, 0.2) is 5.96 Å². The van der Waals surface area contributed by atoms with E-state index in [1.165, 1.54) is 0 Å². The van der Waals surface area contributed by atoms with Crippen molar-refractivity contribution in [2.24, 2.45) is 4.99 Å². The van der Waals surface area contributed by atoms with Gasteiger partial charge in [0.1, 0.15) is 0 Å². The normalized spacial score (nSPS) is 16.8. The highest BCUT2D eigenvalue weighted by Crippen LogP contribution is 2.16. The van der Waals surface area contributed by atoms with Crippen molar-refractivity contribution in [3.8, 4) is 0 Å². The number of sulfonamides is 1. The number of nitrogens with one attached hydrogen (secondary N) is 3. The third-order valence-electron chi connectivity index (χ3n) is 4.18. The first-order chi connectivity index (χ1) is 11.8. The molecule has 0 unspecified atom stereocenters. The minimum absolute atomic E-state index is 0. The number of rotatable bonds is 10. The van der Waals surface area contributed by atoms with Crippen molar-refractivity contribution >= 4 is 40.0 Å². The van der Waals surface area contributed by atoms with Crippen molar-refractivity contribution in [1.82, 2.24) is 20.3 Å². The zero-order valence-electron chi connectivity index (χ0n) is 16.5. The Morgan fingerprint density at radius 3 is 2.38 bits per heavy atom. The second kappa shape index (κ2) is 13.1. The van der Waals surface area contributed by atoms with E-state index in [4.69, 9.17) is 9.73 Å². The summed E-state index contributed by atoms with van der Waals surface area (Å²) in [6, 6.07) is 0. The van der Waals surface area contributed by atoms with Crippen LogP contribution in [0, 0.1) is 0 Å². The van der Waals surface area contributed by atoms with Crippen LogP contribution in [0.4, 0.5) is 0 Å². The molecule has 0 amide bonds. The van der Waals surface area contributed by atoms with Gasteiger partial charge in [-0.1, -0.05) is 0 Å². The predicted octanol–water partition coefficient (Wildman–Crippen LogP) is 0.600. The summed E-state index contributed by atoms with van der Waals surface area (Å²) in [5, 5.41) is 6.49. The number of halogens is 1. The van der Waals surface area contributed by atoms with Crippen molar-refractivity contribution in [3.05, 3.63) is 0 Å². The fourth-order valence-corrected chi connectivity index (χ4v) is 3.17. The maximum atomic E-state index is 11.4. The van der Waals surface area contributed by atoms with Crippen LogP contribution in [-0.4, -0.2) is 83.1 Å². The summed E-state index contributed by atoms with van der Waals surface area (Å²) in [5.74, 6) is 0.878. The van der Waals surface area contributed by atoms with Gasteiger partial charge in [-0.3, -0.25) is 9.89 Å². The van der Waals surface area contributed by atoms with E-state index in [1.54, 1.807) is 6.92 Å². The summed E-state index contributed by atoms with van der Waals surface area (Å²) in [6.07, 6.45) is 0.705. The number of aliphatic imine (C=N–C) groups is 1. The molecule has 0 saturated carbocycles. The summed E-state index contributed by atoms with van der Waals surface area (Å²) in [4.78, 5) is 7.10. The van der Waals surface area contributed by atoms with Crippen molar-refractivity contribution in [2.45, 2.75) is 39.7 Å². The fourth-order valence-electron chi connectivity index (χ4n) is 2.51. The third-order valence-corrected chi connectivity index (χ3v) is 5.59. The highest BCUT2D eigenvalue weighted by molar-refractivity contribution is 14.0. The summed E-state index contributed by atoms with van der Waals surface area (Å²) in [7, 11) is -3.11. The fraction of sp³-hybridized carbons (Fsp3) is 0.938. The van der Waals surface area contributed by atoms with Crippen molar-refractivity contribution < 1.29 is 13.2 Å². The Bertz CT molecular complexity index is 508. The molecule has 3 N–H and O–H groups in total. The van der Waals surface area contributed by atoms with Gasteiger partial charge in [0.25, 0.3) is 0 Å². The number of hydrogen-bond acceptors (Lipinski definition) is 5. The SMILES string of the molecule is CCNC(=NCC(C)(C)N1CCOCC1)NCCCNS(=O)(=O)CC.I. The quantitative estimate of drug-likeness (QED) is 0.174. The van der Waals surface area contributed by atoms with Gasteiger partial charge in [-0.25, -0.2) is 13.1 Å². The first-order valence-electron chi connectivity index (χ1n) is 9.13. The van der Waals surface area contributed by atoms with Gasteiger partial charge in [-0.2, -0.15) is 0 Å². The highest BCUT2D eigenvalue weighted by Gasteiger charge is 2.28. The lowest BCUT2D eigenvalue weighted by Crippen LogP contribution is -2.52. The van der Waals surface area contributed by atoms with Crippen molar-refractivity contribution in [1.29, 1.82) is 0 Å². The van der Waals surface area contributed by atoms with Crippen LogP contribution in [0.2, 0.25) is 0 Å². The van der Waals surface area contributed by atoms with E-state index in [2.05, 4.69) is 34.1 Å².